The van der Waals surface area contributed by atoms with Crippen molar-refractivity contribution < 1.29 is 4.92 Å². The third kappa shape index (κ3) is 3.36. The van der Waals surface area contributed by atoms with Crippen LogP contribution in [-0.2, 0) is 0 Å². The number of rotatable bonds is 4. The number of nitro groups is 1. The summed E-state index contributed by atoms with van der Waals surface area (Å²) in [6.45, 7) is 0. The maximum atomic E-state index is 10.8. The van der Waals surface area contributed by atoms with Gasteiger partial charge in [0.05, 0.1) is 10.6 Å². The normalized spacial score (nSPS) is 10.3. The zero-order valence-electron chi connectivity index (χ0n) is 13.8. The average Bonchev–Trinajstić information content (AvgIpc) is 2.67. The van der Waals surface area contributed by atoms with Gasteiger partial charge in [-0.1, -0.05) is 12.1 Å². The number of nitrogens with zero attached hydrogens (tertiary/aromatic N) is 3. The van der Waals surface area contributed by atoms with Crippen LogP contribution in [0.1, 0.15) is 5.56 Å². The molecule has 2 aromatic carbocycles. The van der Waals surface area contributed by atoms with Crippen LogP contribution in [0.5, 0.6) is 0 Å². The van der Waals surface area contributed by atoms with Gasteiger partial charge in [0.25, 0.3) is 5.69 Å². The number of hydrogen-bond acceptors (Lipinski definition) is 6. The second-order valence-corrected chi connectivity index (χ2v) is 6.34. The molecule has 3 rings (SSSR count). The van der Waals surface area contributed by atoms with Gasteiger partial charge in [-0.15, -0.1) is 11.8 Å². The van der Waals surface area contributed by atoms with Crippen molar-refractivity contribution in [2.45, 2.75) is 4.90 Å². The molecule has 0 radical (unpaired) electrons. The highest BCUT2D eigenvalue weighted by atomic mass is 32.2. The second kappa shape index (κ2) is 7.25. The predicted molar refractivity (Wildman–Crippen MR) is 103 cm³/mol. The summed E-state index contributed by atoms with van der Waals surface area (Å²) in [6, 6.07) is 17.8. The van der Waals surface area contributed by atoms with Crippen LogP contribution in [0.2, 0.25) is 0 Å². The summed E-state index contributed by atoms with van der Waals surface area (Å²) in [6.07, 6.45) is 1.99. The number of aromatic nitrogens is 1. The van der Waals surface area contributed by atoms with Crippen molar-refractivity contribution in [1.29, 1.82) is 5.26 Å². The van der Waals surface area contributed by atoms with Crippen LogP contribution < -0.4 is 5.73 Å². The minimum Gasteiger partial charge on any atom is -0.383 e. The molecule has 0 atom stereocenters. The van der Waals surface area contributed by atoms with Gasteiger partial charge in [-0.3, -0.25) is 10.1 Å². The van der Waals surface area contributed by atoms with Crippen molar-refractivity contribution in [3.63, 3.8) is 0 Å². The molecule has 0 fully saturated rings. The van der Waals surface area contributed by atoms with Crippen LogP contribution >= 0.6 is 11.8 Å². The number of non-ortho nitro benzene ring substituents is 1. The smallest absolute Gasteiger partial charge is 0.269 e. The van der Waals surface area contributed by atoms with E-state index in [0.29, 0.717) is 22.4 Å². The maximum Gasteiger partial charge on any atom is 0.269 e. The maximum absolute atomic E-state index is 10.8. The molecule has 7 heteroatoms. The number of nitro benzene ring substituents is 1. The van der Waals surface area contributed by atoms with E-state index in [1.807, 2.05) is 30.5 Å². The van der Waals surface area contributed by atoms with E-state index in [2.05, 4.69) is 11.1 Å². The molecule has 0 spiro atoms. The summed E-state index contributed by atoms with van der Waals surface area (Å²) >= 11 is 1.63. The number of hydrogen-bond donors (Lipinski definition) is 1. The van der Waals surface area contributed by atoms with Crippen LogP contribution in [0.3, 0.4) is 0 Å². The van der Waals surface area contributed by atoms with Gasteiger partial charge in [0.15, 0.2) is 0 Å². The number of nitrogen functional groups attached to an aromatic ring is 1. The first kappa shape index (κ1) is 17.5. The van der Waals surface area contributed by atoms with E-state index in [9.17, 15) is 15.4 Å². The van der Waals surface area contributed by atoms with Gasteiger partial charge in [-0.2, -0.15) is 5.26 Å². The van der Waals surface area contributed by atoms with Crippen molar-refractivity contribution >= 4 is 23.3 Å². The first-order valence-electron chi connectivity index (χ1n) is 7.63. The van der Waals surface area contributed by atoms with Crippen LogP contribution in [0.25, 0.3) is 22.4 Å². The Bertz CT molecular complexity index is 1010. The lowest BCUT2D eigenvalue weighted by Crippen LogP contribution is -2.00. The Morgan fingerprint density at radius 2 is 1.73 bits per heavy atom. The van der Waals surface area contributed by atoms with Gasteiger partial charge in [-0.05, 0) is 42.2 Å². The molecular weight excluding hydrogens is 348 g/mol. The monoisotopic (exact) mass is 362 g/mol. The molecule has 0 aliphatic rings. The van der Waals surface area contributed by atoms with E-state index in [0.717, 1.165) is 10.5 Å². The lowest BCUT2D eigenvalue weighted by Gasteiger charge is -2.10. The average molecular weight is 362 g/mol. The van der Waals surface area contributed by atoms with Gasteiger partial charge >= 0.3 is 0 Å². The van der Waals surface area contributed by atoms with Crippen molar-refractivity contribution in [1.82, 2.24) is 4.98 Å². The SMILES string of the molecule is CSc1ccc(-c2cc(-c3ccc([N+](=O)[O-])cc3)nc(N)c2C#N)cc1. The van der Waals surface area contributed by atoms with Crippen molar-refractivity contribution in [3.05, 3.63) is 70.3 Å². The Morgan fingerprint density at radius 1 is 1.12 bits per heavy atom. The fourth-order valence-corrected chi connectivity index (χ4v) is 2.99. The highest BCUT2D eigenvalue weighted by Crippen LogP contribution is 2.32. The van der Waals surface area contributed by atoms with Crippen molar-refractivity contribution in [2.75, 3.05) is 12.0 Å². The van der Waals surface area contributed by atoms with E-state index in [4.69, 9.17) is 5.73 Å². The number of benzene rings is 2. The molecule has 0 aliphatic heterocycles. The first-order chi connectivity index (χ1) is 12.5. The van der Waals surface area contributed by atoms with Gasteiger partial charge in [0.2, 0.25) is 0 Å². The molecule has 0 aliphatic carbocycles. The lowest BCUT2D eigenvalue weighted by atomic mass is 9.98. The Balaban J connectivity index is 2.12. The first-order valence-corrected chi connectivity index (χ1v) is 8.86. The molecule has 128 valence electrons. The summed E-state index contributed by atoms with van der Waals surface area (Å²) in [5, 5.41) is 20.3. The molecule has 0 bridgehead atoms. The van der Waals surface area contributed by atoms with Crippen LogP contribution in [0, 0.1) is 21.4 Å². The van der Waals surface area contributed by atoms with E-state index in [-0.39, 0.29) is 11.5 Å². The van der Waals surface area contributed by atoms with Gasteiger partial charge in [0.1, 0.15) is 17.5 Å². The Kier molecular flexibility index (Phi) is 4.87. The Labute approximate surface area is 154 Å². The molecule has 26 heavy (non-hydrogen) atoms. The third-order valence-electron chi connectivity index (χ3n) is 3.93. The Morgan fingerprint density at radius 3 is 2.27 bits per heavy atom. The second-order valence-electron chi connectivity index (χ2n) is 5.46. The zero-order chi connectivity index (χ0) is 18.7. The molecule has 1 heterocycles. The van der Waals surface area contributed by atoms with Crippen molar-refractivity contribution in [2.24, 2.45) is 0 Å². The molecule has 6 nitrogen and oxygen atoms in total. The summed E-state index contributed by atoms with van der Waals surface area (Å²) in [4.78, 5) is 15.8. The van der Waals surface area contributed by atoms with Gasteiger partial charge in [-0.25, -0.2) is 4.98 Å². The molecule has 0 saturated heterocycles. The molecule has 0 saturated carbocycles. The highest BCUT2D eigenvalue weighted by Gasteiger charge is 2.14. The summed E-state index contributed by atoms with van der Waals surface area (Å²) in [7, 11) is 0. The number of pyridine rings is 1. The highest BCUT2D eigenvalue weighted by molar-refractivity contribution is 7.98. The van der Waals surface area contributed by atoms with Gasteiger partial charge < -0.3 is 5.73 Å². The molecule has 3 aromatic rings. The minimum atomic E-state index is -0.455. The predicted octanol–water partition coefficient (Wildman–Crippen LogP) is 4.50. The largest absolute Gasteiger partial charge is 0.383 e. The number of nitrogens with two attached hydrogens (primary N) is 1. The standard InChI is InChI=1S/C19H14N4O2S/c1-26-15-8-4-12(5-9-15)16-10-18(22-19(21)17(16)11-20)13-2-6-14(7-3-13)23(24)25/h2-10H,1H3,(H2,21,22). The third-order valence-corrected chi connectivity index (χ3v) is 4.68. The zero-order valence-corrected chi connectivity index (χ0v) is 14.7. The summed E-state index contributed by atoms with van der Waals surface area (Å²) in [5.41, 5.74) is 9.10. The Hall–Kier alpha value is -3.37. The van der Waals surface area contributed by atoms with E-state index in [1.54, 1.807) is 30.0 Å². The number of thioether (sulfide) groups is 1. The van der Waals surface area contributed by atoms with Crippen molar-refractivity contribution in [3.8, 4) is 28.5 Å². The number of anilines is 1. The molecule has 2 N–H and O–H groups in total. The molecule has 0 amide bonds. The van der Waals surface area contributed by atoms with Crippen LogP contribution in [0.4, 0.5) is 11.5 Å². The molecule has 1 aromatic heterocycles. The quantitative estimate of drug-likeness (QED) is 0.416. The summed E-state index contributed by atoms with van der Waals surface area (Å²) < 4.78 is 0. The topological polar surface area (TPSA) is 106 Å². The fourth-order valence-electron chi connectivity index (χ4n) is 2.58. The van der Waals surface area contributed by atoms with E-state index < -0.39 is 4.92 Å². The lowest BCUT2D eigenvalue weighted by molar-refractivity contribution is -0.384. The molecular formula is C19H14N4O2S. The van der Waals surface area contributed by atoms with E-state index >= 15 is 0 Å². The van der Waals surface area contributed by atoms with Crippen LogP contribution in [-0.4, -0.2) is 16.2 Å². The fraction of sp³-hybridized carbons (Fsp3) is 0.0526. The van der Waals surface area contributed by atoms with Crippen LogP contribution in [0.15, 0.2) is 59.5 Å². The van der Waals surface area contributed by atoms with E-state index in [1.165, 1.54) is 12.1 Å². The van der Waals surface area contributed by atoms with Gasteiger partial charge in [0, 0.05) is 28.2 Å². The minimum absolute atomic E-state index is 0.00300. The number of nitriles is 1. The summed E-state index contributed by atoms with van der Waals surface area (Å²) in [5.74, 6) is 0.132. The molecule has 0 unspecified atom stereocenters.